The third-order valence-electron chi connectivity index (χ3n) is 1.96. The van der Waals surface area contributed by atoms with Crippen LogP contribution in [0.2, 0.25) is 5.02 Å². The second-order valence-corrected chi connectivity index (χ2v) is 6.07. The van der Waals surface area contributed by atoms with Crippen LogP contribution in [0.1, 0.15) is 0 Å². The molecular weight excluding hydrogens is 346 g/mol. The van der Waals surface area contributed by atoms with Gasteiger partial charge in [0.1, 0.15) is 4.60 Å². The van der Waals surface area contributed by atoms with E-state index in [0.717, 1.165) is 4.68 Å². The van der Waals surface area contributed by atoms with Gasteiger partial charge in [-0.1, -0.05) is 11.6 Å². The molecule has 0 spiro atoms. The third kappa shape index (κ3) is 2.62. The van der Waals surface area contributed by atoms with E-state index < -0.39 is 10.0 Å². The minimum absolute atomic E-state index is 0.0371. The number of aryl methyl sites for hydroxylation is 1. The lowest BCUT2D eigenvalue weighted by atomic mass is 10.7. The van der Waals surface area contributed by atoms with Crippen LogP contribution in [0.5, 0.6) is 0 Å². The van der Waals surface area contributed by atoms with Gasteiger partial charge in [0, 0.05) is 7.05 Å². The Morgan fingerprint density at radius 3 is 2.56 bits per heavy atom. The van der Waals surface area contributed by atoms with Gasteiger partial charge >= 0.3 is 0 Å². The molecule has 2 heterocycles. The van der Waals surface area contributed by atoms with Gasteiger partial charge in [-0.3, -0.25) is 9.40 Å². The number of hydrogen-bond acceptors (Lipinski definition) is 5. The zero-order valence-electron chi connectivity index (χ0n) is 9.00. The monoisotopic (exact) mass is 351 g/mol. The van der Waals surface area contributed by atoms with E-state index in [4.69, 9.17) is 11.6 Å². The fourth-order valence-electron chi connectivity index (χ4n) is 1.25. The van der Waals surface area contributed by atoms with Crippen LogP contribution < -0.4 is 4.72 Å². The van der Waals surface area contributed by atoms with Crippen molar-refractivity contribution in [2.75, 3.05) is 4.72 Å². The van der Waals surface area contributed by atoms with Crippen molar-refractivity contribution in [3.8, 4) is 0 Å². The summed E-state index contributed by atoms with van der Waals surface area (Å²) in [5.74, 6) is 0.0930. The lowest BCUT2D eigenvalue weighted by Crippen LogP contribution is -2.18. The number of hydrogen-bond donors (Lipinski definition) is 1. The van der Waals surface area contributed by atoms with E-state index in [1.165, 1.54) is 25.6 Å². The van der Waals surface area contributed by atoms with Crippen molar-refractivity contribution in [2.24, 2.45) is 7.05 Å². The van der Waals surface area contributed by atoms with Crippen molar-refractivity contribution < 1.29 is 8.42 Å². The molecule has 0 saturated heterocycles. The van der Waals surface area contributed by atoms with Crippen molar-refractivity contribution >= 4 is 43.4 Å². The molecule has 0 atom stereocenters. The van der Waals surface area contributed by atoms with Gasteiger partial charge in [0.15, 0.2) is 10.8 Å². The molecule has 0 fully saturated rings. The van der Waals surface area contributed by atoms with E-state index in [0.29, 0.717) is 4.60 Å². The highest BCUT2D eigenvalue weighted by Gasteiger charge is 2.23. The van der Waals surface area contributed by atoms with Crippen LogP contribution in [0.3, 0.4) is 0 Å². The maximum atomic E-state index is 12.1. The molecule has 0 aromatic carbocycles. The molecular formula is C8H7BrClN5O2S. The van der Waals surface area contributed by atoms with Gasteiger partial charge < -0.3 is 0 Å². The number of rotatable bonds is 3. The molecule has 0 aliphatic heterocycles. The number of nitrogens with zero attached hydrogens (tertiary/aromatic N) is 4. The minimum Gasteiger partial charge on any atom is -0.261 e. The topological polar surface area (TPSA) is 89.8 Å². The van der Waals surface area contributed by atoms with Crippen LogP contribution in [-0.2, 0) is 17.1 Å². The number of aromatic nitrogens is 4. The molecule has 2 rings (SSSR count). The lowest BCUT2D eigenvalue weighted by molar-refractivity contribution is 0.582. The third-order valence-corrected chi connectivity index (χ3v) is 4.23. The first-order chi connectivity index (χ1) is 8.40. The fourth-order valence-corrected chi connectivity index (χ4v) is 3.11. The molecule has 2 aromatic rings. The predicted octanol–water partition coefficient (Wildman–Crippen LogP) is 1.43. The van der Waals surface area contributed by atoms with Crippen LogP contribution in [0.25, 0.3) is 0 Å². The molecule has 0 aliphatic carbocycles. The molecule has 0 amide bonds. The summed E-state index contributed by atoms with van der Waals surface area (Å²) in [6.45, 7) is 0. The van der Waals surface area contributed by atoms with Gasteiger partial charge in [-0.2, -0.15) is 13.5 Å². The molecule has 0 saturated carbocycles. The molecule has 1 N–H and O–H groups in total. The Balaban J connectivity index is 2.36. The molecule has 0 unspecified atom stereocenters. The highest BCUT2D eigenvalue weighted by Crippen LogP contribution is 2.21. The van der Waals surface area contributed by atoms with E-state index in [9.17, 15) is 8.42 Å². The van der Waals surface area contributed by atoms with Crippen molar-refractivity contribution in [1.82, 2.24) is 19.7 Å². The number of halogens is 2. The fraction of sp³-hybridized carbons (Fsp3) is 0.125. The zero-order chi connectivity index (χ0) is 13.3. The maximum absolute atomic E-state index is 12.1. The van der Waals surface area contributed by atoms with Crippen molar-refractivity contribution in [3.63, 3.8) is 0 Å². The Bertz CT molecular complexity index is 650. The molecule has 10 heteroatoms. The normalized spacial score (nSPS) is 11.5. The highest BCUT2D eigenvalue weighted by atomic mass is 79.9. The van der Waals surface area contributed by atoms with Crippen LogP contribution in [0.15, 0.2) is 28.2 Å². The van der Waals surface area contributed by atoms with Gasteiger partial charge in [-0.15, -0.1) is 0 Å². The first-order valence-corrected chi connectivity index (χ1v) is 7.23. The number of nitrogens with one attached hydrogen (secondary N) is 1. The lowest BCUT2D eigenvalue weighted by Gasteiger charge is -2.07. The summed E-state index contributed by atoms with van der Waals surface area (Å²) in [5.41, 5.74) is 0. The smallest absolute Gasteiger partial charge is 0.261 e. The van der Waals surface area contributed by atoms with Crippen molar-refractivity contribution in [3.05, 3.63) is 28.2 Å². The summed E-state index contributed by atoms with van der Waals surface area (Å²) in [4.78, 5) is 7.72. The SMILES string of the molecule is Cn1ncc(Cl)c1S(=O)(=O)Nc1cnc(Br)cn1. The molecule has 0 radical (unpaired) electrons. The molecule has 96 valence electrons. The quantitative estimate of drug-likeness (QED) is 0.902. The first kappa shape index (κ1) is 13.2. The van der Waals surface area contributed by atoms with E-state index in [-0.39, 0.29) is 15.9 Å². The summed E-state index contributed by atoms with van der Waals surface area (Å²) in [6, 6.07) is 0. The van der Waals surface area contributed by atoms with Crippen LogP contribution >= 0.6 is 27.5 Å². The summed E-state index contributed by atoms with van der Waals surface area (Å²) in [6.07, 6.45) is 3.91. The van der Waals surface area contributed by atoms with Gasteiger partial charge in [-0.25, -0.2) is 9.97 Å². The van der Waals surface area contributed by atoms with Gasteiger partial charge in [0.05, 0.1) is 23.6 Å². The van der Waals surface area contributed by atoms with Crippen molar-refractivity contribution in [1.29, 1.82) is 0 Å². The number of sulfonamides is 1. The van der Waals surface area contributed by atoms with Crippen molar-refractivity contribution in [2.45, 2.75) is 5.03 Å². The van der Waals surface area contributed by atoms with E-state index in [2.05, 4.69) is 35.7 Å². The second-order valence-electron chi connectivity index (χ2n) is 3.25. The summed E-state index contributed by atoms with van der Waals surface area (Å²) < 4.78 is 28.0. The molecule has 0 aliphatic rings. The Morgan fingerprint density at radius 2 is 2.06 bits per heavy atom. The summed E-state index contributed by atoms with van der Waals surface area (Å²) >= 11 is 8.88. The maximum Gasteiger partial charge on any atom is 0.281 e. The summed E-state index contributed by atoms with van der Waals surface area (Å²) in [7, 11) is -2.36. The van der Waals surface area contributed by atoms with Gasteiger partial charge in [-0.05, 0) is 15.9 Å². The second kappa shape index (κ2) is 4.82. The number of anilines is 1. The van der Waals surface area contributed by atoms with Gasteiger partial charge in [0.25, 0.3) is 10.0 Å². The molecule has 18 heavy (non-hydrogen) atoms. The minimum atomic E-state index is -3.84. The van der Waals surface area contributed by atoms with Crippen LogP contribution in [0.4, 0.5) is 5.82 Å². The highest BCUT2D eigenvalue weighted by molar-refractivity contribution is 9.10. The standard InChI is InChI=1S/C8H7BrClN5O2S/c1-15-8(5(10)2-13-15)18(16,17)14-7-4-11-6(9)3-12-7/h2-4H,1H3,(H,12,14). The molecule has 2 aromatic heterocycles. The first-order valence-electron chi connectivity index (χ1n) is 4.58. The Hall–Kier alpha value is -1.19. The van der Waals surface area contributed by atoms with Crippen LogP contribution in [-0.4, -0.2) is 28.2 Å². The largest absolute Gasteiger partial charge is 0.281 e. The van der Waals surface area contributed by atoms with Gasteiger partial charge in [0.2, 0.25) is 0 Å². The average molecular weight is 353 g/mol. The van der Waals surface area contributed by atoms with E-state index in [1.54, 1.807) is 0 Å². The Labute approximate surface area is 116 Å². The summed E-state index contributed by atoms with van der Waals surface area (Å²) in [5, 5.41) is 3.67. The molecule has 7 nitrogen and oxygen atoms in total. The average Bonchev–Trinajstić information content (AvgIpc) is 2.62. The van der Waals surface area contributed by atoms with Crippen LogP contribution in [0, 0.1) is 0 Å². The zero-order valence-corrected chi connectivity index (χ0v) is 12.2. The Kier molecular flexibility index (Phi) is 3.55. The molecule has 0 bridgehead atoms. The Morgan fingerprint density at radius 1 is 1.33 bits per heavy atom. The van der Waals surface area contributed by atoms with E-state index in [1.807, 2.05) is 0 Å². The predicted molar refractivity (Wildman–Crippen MR) is 68.8 cm³/mol. The van der Waals surface area contributed by atoms with E-state index >= 15 is 0 Å².